The van der Waals surface area contributed by atoms with Gasteiger partial charge in [-0.1, -0.05) is 64.1 Å². The molecule has 0 saturated carbocycles. The van der Waals surface area contributed by atoms with Gasteiger partial charge in [-0.05, 0) is 67.0 Å². The normalized spacial score (nSPS) is 10.4. The van der Waals surface area contributed by atoms with Gasteiger partial charge < -0.3 is 0 Å². The number of rotatable bonds is 0. The Balaban J connectivity index is 0. The van der Waals surface area contributed by atoms with Crippen LogP contribution in [0.2, 0.25) is 0 Å². The molecule has 0 aliphatic carbocycles. The van der Waals surface area contributed by atoms with Crippen molar-refractivity contribution in [2.45, 2.75) is 62.3 Å². The average molecular weight is 311 g/mol. The number of benzene rings is 2. The SMILES string of the molecule is C#CC.C/C=c1/cc/c(=C/C)c2c(C)ccc(C)c12.CC.CC. The van der Waals surface area contributed by atoms with Crippen LogP contribution >= 0.6 is 0 Å². The molecule has 0 nitrogen and oxygen atoms in total. The lowest BCUT2D eigenvalue weighted by Gasteiger charge is -2.07. The summed E-state index contributed by atoms with van der Waals surface area (Å²) >= 11 is 0. The fraction of sp³-hybridized carbons (Fsp3) is 0.391. The third kappa shape index (κ3) is 6.33. The highest BCUT2D eigenvalue weighted by Crippen LogP contribution is 2.15. The van der Waals surface area contributed by atoms with Crippen molar-refractivity contribution < 1.29 is 0 Å². The zero-order valence-electron chi connectivity index (χ0n) is 16.5. The third-order valence-electron chi connectivity index (χ3n) is 3.26. The lowest BCUT2D eigenvalue weighted by molar-refractivity contribution is 1.43. The Morgan fingerprint density at radius 2 is 1.00 bits per heavy atom. The Morgan fingerprint density at radius 3 is 1.22 bits per heavy atom. The van der Waals surface area contributed by atoms with Gasteiger partial charge in [-0.2, -0.15) is 0 Å². The molecule has 0 aliphatic rings. The molecule has 0 unspecified atom stereocenters. The van der Waals surface area contributed by atoms with E-state index in [-0.39, 0.29) is 0 Å². The highest BCUT2D eigenvalue weighted by molar-refractivity contribution is 5.90. The van der Waals surface area contributed by atoms with Gasteiger partial charge in [-0.15, -0.1) is 12.3 Å². The molecule has 2 aromatic carbocycles. The molecule has 0 heterocycles. The molecule has 0 aliphatic heterocycles. The average Bonchev–Trinajstić information content (AvgIpc) is 2.61. The summed E-state index contributed by atoms with van der Waals surface area (Å²) in [6.07, 6.45) is 8.97. The van der Waals surface area contributed by atoms with Crippen LogP contribution in [-0.2, 0) is 0 Å². The van der Waals surface area contributed by atoms with E-state index in [0.29, 0.717) is 0 Å². The predicted molar refractivity (Wildman–Crippen MR) is 110 cm³/mol. The van der Waals surface area contributed by atoms with Crippen LogP contribution in [0, 0.1) is 26.2 Å². The second-order valence-electron chi connectivity index (χ2n) is 4.56. The van der Waals surface area contributed by atoms with Crippen molar-refractivity contribution in [3.05, 3.63) is 45.8 Å². The summed E-state index contributed by atoms with van der Waals surface area (Å²) in [6.45, 7) is 18.2. The highest BCUT2D eigenvalue weighted by Gasteiger charge is 2.02. The molecule has 0 N–H and O–H groups in total. The molecule has 0 bridgehead atoms. The summed E-state index contributed by atoms with van der Waals surface area (Å²) in [7, 11) is 0. The summed E-state index contributed by atoms with van der Waals surface area (Å²) in [5.41, 5.74) is 2.72. The predicted octanol–water partition coefficient (Wildman–Crippen LogP) is 5.75. The summed E-state index contributed by atoms with van der Waals surface area (Å²) in [5, 5.41) is 5.47. The smallest absolute Gasteiger partial charge is 0.00297 e. The third-order valence-corrected chi connectivity index (χ3v) is 3.26. The molecule has 0 saturated heterocycles. The van der Waals surface area contributed by atoms with E-state index >= 15 is 0 Å². The molecule has 0 atom stereocenters. The second-order valence-corrected chi connectivity index (χ2v) is 4.56. The topological polar surface area (TPSA) is 0 Å². The fourth-order valence-electron chi connectivity index (χ4n) is 2.38. The van der Waals surface area contributed by atoms with E-state index in [0.717, 1.165) is 0 Å². The minimum atomic E-state index is 1.34. The van der Waals surface area contributed by atoms with Crippen molar-refractivity contribution in [1.29, 1.82) is 0 Å². The molecule has 0 radical (unpaired) electrons. The van der Waals surface area contributed by atoms with Crippen LogP contribution in [0.5, 0.6) is 0 Å². The minimum Gasteiger partial charge on any atom is -0.120 e. The monoisotopic (exact) mass is 310 g/mol. The van der Waals surface area contributed by atoms with Gasteiger partial charge in [0.1, 0.15) is 0 Å². The first-order valence-corrected chi connectivity index (χ1v) is 8.59. The summed E-state index contributed by atoms with van der Waals surface area (Å²) < 4.78 is 0. The Kier molecular flexibility index (Phi) is 13.8. The summed E-state index contributed by atoms with van der Waals surface area (Å²) in [4.78, 5) is 0. The first kappa shape index (κ1) is 23.3. The molecule has 0 aromatic heterocycles. The van der Waals surface area contributed by atoms with Gasteiger partial charge in [-0.25, -0.2) is 0 Å². The largest absolute Gasteiger partial charge is 0.120 e. The molecule has 126 valence electrons. The molecule has 23 heavy (non-hydrogen) atoms. The van der Waals surface area contributed by atoms with Crippen LogP contribution in [0.25, 0.3) is 22.9 Å². The zero-order chi connectivity index (χ0) is 18.4. The number of hydrogen-bond donors (Lipinski definition) is 0. The van der Waals surface area contributed by atoms with Gasteiger partial charge in [0.25, 0.3) is 0 Å². The quantitative estimate of drug-likeness (QED) is 0.544. The molecule has 2 aromatic rings. The maximum atomic E-state index is 4.60. The van der Waals surface area contributed by atoms with Gasteiger partial charge in [0.2, 0.25) is 0 Å². The first-order chi connectivity index (χ1) is 11.1. The molecule has 0 heteroatoms. The van der Waals surface area contributed by atoms with Gasteiger partial charge in [0.05, 0.1) is 0 Å². The van der Waals surface area contributed by atoms with Crippen LogP contribution in [-0.4, -0.2) is 0 Å². The molecule has 2 rings (SSSR count). The summed E-state index contributed by atoms with van der Waals surface area (Å²) in [6, 6.07) is 8.85. The van der Waals surface area contributed by atoms with Crippen molar-refractivity contribution in [2.75, 3.05) is 0 Å². The lowest BCUT2D eigenvalue weighted by Crippen LogP contribution is -2.13. The number of fused-ring (bicyclic) bond motifs is 1. The zero-order valence-corrected chi connectivity index (χ0v) is 16.5. The van der Waals surface area contributed by atoms with Gasteiger partial charge >= 0.3 is 0 Å². The maximum absolute atomic E-state index is 4.60. The minimum absolute atomic E-state index is 1.34. The van der Waals surface area contributed by atoms with Crippen LogP contribution in [0.1, 0.15) is 59.6 Å². The molecule has 0 amide bonds. The van der Waals surface area contributed by atoms with Gasteiger partial charge in [-0.3, -0.25) is 0 Å². The number of aryl methyl sites for hydroxylation is 2. The Labute approximate surface area is 143 Å². The standard InChI is InChI=1S/C16H18.C3H4.2C2H6/c1-5-13-9-10-14(6-2)16-12(4)8-7-11(3)15(13)16;1-3-2;2*1-2/h5-10H,1-4H3;1H,2H3;2*1-2H3/b13-5-,14-6-;;;. The van der Waals surface area contributed by atoms with E-state index in [1.807, 2.05) is 27.7 Å². The molecule has 0 spiro atoms. The Bertz CT molecular complexity index is 667. The number of terminal acetylenes is 1. The van der Waals surface area contributed by atoms with Crippen molar-refractivity contribution in [3.8, 4) is 12.3 Å². The van der Waals surface area contributed by atoms with Crippen molar-refractivity contribution >= 4 is 22.9 Å². The molecular formula is C23H34. The molecular weight excluding hydrogens is 276 g/mol. The maximum Gasteiger partial charge on any atom is -0.00297 e. The first-order valence-electron chi connectivity index (χ1n) is 8.59. The van der Waals surface area contributed by atoms with E-state index in [1.165, 1.54) is 32.3 Å². The van der Waals surface area contributed by atoms with Gasteiger partial charge in [0, 0.05) is 0 Å². The molecule has 0 fully saturated rings. The second kappa shape index (κ2) is 13.6. The van der Waals surface area contributed by atoms with Crippen molar-refractivity contribution in [2.24, 2.45) is 0 Å². The fourth-order valence-corrected chi connectivity index (χ4v) is 2.38. The van der Waals surface area contributed by atoms with Crippen LogP contribution in [0.4, 0.5) is 0 Å². The van der Waals surface area contributed by atoms with Crippen LogP contribution in [0.15, 0.2) is 24.3 Å². The van der Waals surface area contributed by atoms with E-state index in [1.54, 1.807) is 6.92 Å². The van der Waals surface area contributed by atoms with E-state index in [2.05, 4.69) is 76.5 Å². The number of hydrogen-bond acceptors (Lipinski definition) is 0. The summed E-state index contributed by atoms with van der Waals surface area (Å²) in [5.74, 6) is 2.25. The van der Waals surface area contributed by atoms with Gasteiger partial charge in [0.15, 0.2) is 0 Å². The lowest BCUT2D eigenvalue weighted by atomic mass is 9.97. The van der Waals surface area contributed by atoms with Crippen LogP contribution in [0.3, 0.4) is 0 Å². The van der Waals surface area contributed by atoms with Crippen LogP contribution < -0.4 is 10.4 Å². The van der Waals surface area contributed by atoms with E-state index in [9.17, 15) is 0 Å². The Hall–Kier alpha value is -2.00. The van der Waals surface area contributed by atoms with Crippen molar-refractivity contribution in [3.63, 3.8) is 0 Å². The van der Waals surface area contributed by atoms with E-state index in [4.69, 9.17) is 0 Å². The Morgan fingerprint density at radius 1 is 0.739 bits per heavy atom. The highest BCUT2D eigenvalue weighted by atomic mass is 14.1. The van der Waals surface area contributed by atoms with Crippen molar-refractivity contribution in [1.82, 2.24) is 0 Å². The van der Waals surface area contributed by atoms with E-state index < -0.39 is 0 Å².